The Morgan fingerprint density at radius 3 is 2.58 bits per heavy atom. The highest BCUT2D eigenvalue weighted by Gasteiger charge is 2.34. The monoisotopic (exact) mass is 260 g/mol. The second-order valence-electron chi connectivity index (χ2n) is 5.63. The minimum Gasteiger partial charge on any atom is -0.329 e. The SMILES string of the molecule is CCCCN(C1CC1)C(CN)c1ccccc1CC. The molecule has 2 nitrogen and oxygen atoms in total. The van der Waals surface area contributed by atoms with Crippen molar-refractivity contribution in [2.45, 2.75) is 58.0 Å². The third-order valence-electron chi connectivity index (χ3n) is 4.20. The zero-order valence-electron chi connectivity index (χ0n) is 12.4. The number of nitrogens with zero attached hydrogens (tertiary/aromatic N) is 1. The lowest BCUT2D eigenvalue weighted by atomic mass is 9.97. The fraction of sp³-hybridized carbons (Fsp3) is 0.647. The van der Waals surface area contributed by atoms with Gasteiger partial charge in [-0.05, 0) is 43.4 Å². The zero-order chi connectivity index (χ0) is 13.7. The van der Waals surface area contributed by atoms with Gasteiger partial charge in [-0.3, -0.25) is 4.90 Å². The van der Waals surface area contributed by atoms with Gasteiger partial charge in [0, 0.05) is 18.6 Å². The van der Waals surface area contributed by atoms with E-state index in [2.05, 4.69) is 43.0 Å². The van der Waals surface area contributed by atoms with Crippen molar-refractivity contribution >= 4 is 0 Å². The van der Waals surface area contributed by atoms with Crippen molar-refractivity contribution in [2.24, 2.45) is 5.73 Å². The van der Waals surface area contributed by atoms with E-state index in [1.54, 1.807) is 0 Å². The van der Waals surface area contributed by atoms with Crippen LogP contribution in [0.3, 0.4) is 0 Å². The Kier molecular flexibility index (Phi) is 5.41. The van der Waals surface area contributed by atoms with Crippen LogP contribution in [-0.4, -0.2) is 24.0 Å². The van der Waals surface area contributed by atoms with Gasteiger partial charge < -0.3 is 5.73 Å². The number of benzene rings is 1. The van der Waals surface area contributed by atoms with Crippen molar-refractivity contribution in [3.05, 3.63) is 35.4 Å². The van der Waals surface area contributed by atoms with Crippen LogP contribution in [0.5, 0.6) is 0 Å². The maximum atomic E-state index is 6.12. The van der Waals surface area contributed by atoms with Crippen molar-refractivity contribution in [1.29, 1.82) is 0 Å². The van der Waals surface area contributed by atoms with Crippen molar-refractivity contribution in [2.75, 3.05) is 13.1 Å². The van der Waals surface area contributed by atoms with E-state index in [1.165, 1.54) is 43.4 Å². The molecule has 0 aliphatic heterocycles. The Morgan fingerprint density at radius 2 is 2.00 bits per heavy atom. The van der Waals surface area contributed by atoms with E-state index in [0.717, 1.165) is 19.0 Å². The van der Waals surface area contributed by atoms with Crippen molar-refractivity contribution in [3.63, 3.8) is 0 Å². The first kappa shape index (κ1) is 14.5. The molecule has 0 saturated heterocycles. The Morgan fingerprint density at radius 1 is 1.26 bits per heavy atom. The molecule has 19 heavy (non-hydrogen) atoms. The molecule has 106 valence electrons. The van der Waals surface area contributed by atoms with Gasteiger partial charge in [-0.25, -0.2) is 0 Å². The van der Waals surface area contributed by atoms with E-state index in [4.69, 9.17) is 5.73 Å². The molecular weight excluding hydrogens is 232 g/mol. The summed E-state index contributed by atoms with van der Waals surface area (Å²) >= 11 is 0. The molecule has 0 heterocycles. The summed E-state index contributed by atoms with van der Waals surface area (Å²) in [6, 6.07) is 10.0. The Bertz CT molecular complexity index is 385. The van der Waals surface area contributed by atoms with Crippen LogP contribution in [0.15, 0.2) is 24.3 Å². The molecule has 1 aromatic rings. The summed E-state index contributed by atoms with van der Waals surface area (Å²) in [5.74, 6) is 0. The van der Waals surface area contributed by atoms with E-state index in [1.807, 2.05) is 0 Å². The normalized spacial score (nSPS) is 16.8. The topological polar surface area (TPSA) is 29.3 Å². The first-order valence-electron chi connectivity index (χ1n) is 7.85. The van der Waals surface area contributed by atoms with Crippen molar-refractivity contribution in [3.8, 4) is 0 Å². The summed E-state index contributed by atoms with van der Waals surface area (Å²) in [5.41, 5.74) is 9.04. The van der Waals surface area contributed by atoms with Crippen LogP contribution in [0.2, 0.25) is 0 Å². The van der Waals surface area contributed by atoms with Gasteiger partial charge in [0.2, 0.25) is 0 Å². The average molecular weight is 260 g/mol. The predicted octanol–water partition coefficient (Wildman–Crippen LogP) is 3.51. The van der Waals surface area contributed by atoms with Crippen LogP contribution in [-0.2, 0) is 6.42 Å². The molecule has 2 heteroatoms. The lowest BCUT2D eigenvalue weighted by Crippen LogP contribution is -2.36. The summed E-state index contributed by atoms with van der Waals surface area (Å²) < 4.78 is 0. The van der Waals surface area contributed by atoms with Gasteiger partial charge >= 0.3 is 0 Å². The molecule has 1 aromatic carbocycles. The molecule has 0 amide bonds. The summed E-state index contributed by atoms with van der Waals surface area (Å²) in [5, 5.41) is 0. The highest BCUT2D eigenvalue weighted by molar-refractivity contribution is 5.30. The van der Waals surface area contributed by atoms with Gasteiger partial charge in [0.25, 0.3) is 0 Å². The van der Waals surface area contributed by atoms with Crippen LogP contribution < -0.4 is 5.73 Å². The zero-order valence-corrected chi connectivity index (χ0v) is 12.4. The van der Waals surface area contributed by atoms with Gasteiger partial charge in [0.05, 0.1) is 0 Å². The number of hydrogen-bond donors (Lipinski definition) is 1. The molecule has 1 aliphatic rings. The van der Waals surface area contributed by atoms with Crippen LogP contribution in [0, 0.1) is 0 Å². The van der Waals surface area contributed by atoms with Crippen LogP contribution >= 0.6 is 0 Å². The molecule has 1 fully saturated rings. The maximum absolute atomic E-state index is 6.12. The molecule has 1 unspecified atom stereocenters. The van der Waals surface area contributed by atoms with Crippen LogP contribution in [0.4, 0.5) is 0 Å². The number of rotatable bonds is 8. The smallest absolute Gasteiger partial charge is 0.0476 e. The molecule has 2 rings (SSSR count). The molecule has 1 atom stereocenters. The molecule has 0 bridgehead atoms. The minimum absolute atomic E-state index is 0.412. The summed E-state index contributed by atoms with van der Waals surface area (Å²) in [6.07, 6.45) is 6.35. The van der Waals surface area contributed by atoms with Crippen molar-refractivity contribution in [1.82, 2.24) is 4.90 Å². The van der Waals surface area contributed by atoms with Gasteiger partial charge in [0.15, 0.2) is 0 Å². The largest absolute Gasteiger partial charge is 0.329 e. The Labute approximate surface area is 118 Å². The van der Waals surface area contributed by atoms with E-state index in [0.29, 0.717) is 6.04 Å². The third kappa shape index (κ3) is 3.58. The maximum Gasteiger partial charge on any atom is 0.0476 e. The average Bonchev–Trinajstić information content (AvgIpc) is 3.28. The van der Waals surface area contributed by atoms with Gasteiger partial charge in [-0.15, -0.1) is 0 Å². The molecule has 1 aliphatic carbocycles. The lowest BCUT2D eigenvalue weighted by molar-refractivity contribution is 0.187. The van der Waals surface area contributed by atoms with E-state index < -0.39 is 0 Å². The fourth-order valence-corrected chi connectivity index (χ4v) is 2.96. The van der Waals surface area contributed by atoms with Gasteiger partial charge in [0.1, 0.15) is 0 Å². The second kappa shape index (κ2) is 7.06. The predicted molar refractivity (Wildman–Crippen MR) is 82.3 cm³/mol. The van der Waals surface area contributed by atoms with E-state index in [-0.39, 0.29) is 0 Å². The molecule has 0 aromatic heterocycles. The number of aryl methyl sites for hydroxylation is 1. The summed E-state index contributed by atoms with van der Waals surface area (Å²) in [6.45, 7) is 6.43. The lowest BCUT2D eigenvalue weighted by Gasteiger charge is -2.32. The van der Waals surface area contributed by atoms with E-state index >= 15 is 0 Å². The first-order valence-corrected chi connectivity index (χ1v) is 7.85. The fourth-order valence-electron chi connectivity index (χ4n) is 2.96. The summed E-state index contributed by atoms with van der Waals surface area (Å²) in [7, 11) is 0. The third-order valence-corrected chi connectivity index (χ3v) is 4.20. The highest BCUT2D eigenvalue weighted by atomic mass is 15.2. The Hall–Kier alpha value is -0.860. The first-order chi connectivity index (χ1) is 9.31. The van der Waals surface area contributed by atoms with Crippen LogP contribution in [0.25, 0.3) is 0 Å². The Balaban J connectivity index is 2.20. The molecule has 0 spiro atoms. The molecule has 1 saturated carbocycles. The van der Waals surface area contributed by atoms with Gasteiger partial charge in [-0.1, -0.05) is 44.5 Å². The van der Waals surface area contributed by atoms with Crippen molar-refractivity contribution < 1.29 is 0 Å². The number of unbranched alkanes of at least 4 members (excludes halogenated alkanes) is 1. The van der Waals surface area contributed by atoms with E-state index in [9.17, 15) is 0 Å². The quantitative estimate of drug-likeness (QED) is 0.775. The number of nitrogens with two attached hydrogens (primary N) is 1. The standard InChI is InChI=1S/C17H28N2/c1-3-5-12-19(15-10-11-15)17(13-18)16-9-7-6-8-14(16)4-2/h6-9,15,17H,3-5,10-13,18H2,1-2H3. The number of hydrogen-bond acceptors (Lipinski definition) is 2. The molecule has 0 radical (unpaired) electrons. The van der Waals surface area contributed by atoms with Crippen LogP contribution in [0.1, 0.15) is 56.7 Å². The molecular formula is C17H28N2. The summed E-state index contributed by atoms with van der Waals surface area (Å²) in [4.78, 5) is 2.66. The second-order valence-corrected chi connectivity index (χ2v) is 5.63. The minimum atomic E-state index is 0.412. The highest BCUT2D eigenvalue weighted by Crippen LogP contribution is 2.35. The van der Waals surface area contributed by atoms with Gasteiger partial charge in [-0.2, -0.15) is 0 Å². The molecule has 2 N–H and O–H groups in total.